The highest BCUT2D eigenvalue weighted by Gasteiger charge is 2.00. The van der Waals surface area contributed by atoms with Crippen LogP contribution in [0.2, 0.25) is 0 Å². The molecule has 98 valence electrons. The molecule has 1 heterocycles. The zero-order valence-corrected chi connectivity index (χ0v) is 11.9. The van der Waals surface area contributed by atoms with Gasteiger partial charge in [-0.15, -0.1) is 23.1 Å². The molecule has 1 N–H and O–H groups in total. The first kappa shape index (κ1) is 14.1. The van der Waals surface area contributed by atoms with Gasteiger partial charge in [-0.2, -0.15) is 0 Å². The number of halogens is 1. The highest BCUT2D eigenvalue weighted by molar-refractivity contribution is 7.98. The maximum atomic E-state index is 12.8. The predicted molar refractivity (Wildman–Crippen MR) is 78.9 cm³/mol. The second kappa shape index (κ2) is 7.34. The molecule has 0 radical (unpaired) electrons. The van der Waals surface area contributed by atoms with Crippen LogP contribution in [0.1, 0.15) is 16.2 Å². The molecule has 0 fully saturated rings. The average molecular weight is 292 g/mol. The molecule has 0 atom stereocenters. The first-order chi connectivity index (χ1) is 9.28. The molecular weight excluding hydrogens is 279 g/mol. The lowest BCUT2D eigenvalue weighted by Crippen LogP contribution is -1.76. The summed E-state index contributed by atoms with van der Waals surface area (Å²) in [5.41, 5.74) is 0. The first-order valence-corrected chi connectivity index (χ1v) is 7.65. The van der Waals surface area contributed by atoms with Gasteiger partial charge in [0, 0.05) is 21.9 Å². The Labute approximate surface area is 120 Å². The zero-order valence-electron chi connectivity index (χ0n) is 10.2. The third-order valence-corrected chi connectivity index (χ3v) is 4.55. The van der Waals surface area contributed by atoms with E-state index < -0.39 is 0 Å². The van der Waals surface area contributed by atoms with Crippen LogP contribution in [-0.4, -0.2) is 11.7 Å². The standard InChI is InChI=1S/C15H13FOS2/c16-12-4-6-13(7-5-12)18-11-15-9-8-14(19-15)3-1-2-10-17/h4-9,17H,2,10-11H2. The summed E-state index contributed by atoms with van der Waals surface area (Å²) in [6.45, 7) is 0.103. The molecule has 19 heavy (non-hydrogen) atoms. The number of rotatable bonds is 4. The van der Waals surface area contributed by atoms with E-state index in [2.05, 4.69) is 17.9 Å². The lowest BCUT2D eigenvalue weighted by Gasteiger charge is -1.98. The fraction of sp³-hybridized carbons (Fsp3) is 0.200. The Morgan fingerprint density at radius 1 is 1.16 bits per heavy atom. The van der Waals surface area contributed by atoms with Gasteiger partial charge in [0.2, 0.25) is 0 Å². The second-order valence-electron chi connectivity index (χ2n) is 3.78. The van der Waals surface area contributed by atoms with E-state index in [-0.39, 0.29) is 12.4 Å². The van der Waals surface area contributed by atoms with Crippen molar-refractivity contribution in [3.63, 3.8) is 0 Å². The van der Waals surface area contributed by atoms with Gasteiger partial charge in [-0.3, -0.25) is 0 Å². The summed E-state index contributed by atoms with van der Waals surface area (Å²) in [6, 6.07) is 10.6. The lowest BCUT2D eigenvalue weighted by atomic mass is 10.4. The molecule has 0 unspecified atom stereocenters. The van der Waals surface area contributed by atoms with Crippen LogP contribution < -0.4 is 0 Å². The Morgan fingerprint density at radius 2 is 1.95 bits per heavy atom. The van der Waals surface area contributed by atoms with Gasteiger partial charge in [0.25, 0.3) is 0 Å². The molecule has 2 aromatic rings. The number of benzene rings is 1. The summed E-state index contributed by atoms with van der Waals surface area (Å²) in [6.07, 6.45) is 0.511. The number of hydrogen-bond donors (Lipinski definition) is 1. The highest BCUT2D eigenvalue weighted by atomic mass is 32.2. The largest absolute Gasteiger partial charge is 0.395 e. The van der Waals surface area contributed by atoms with Crippen molar-refractivity contribution in [1.29, 1.82) is 0 Å². The van der Waals surface area contributed by atoms with Crippen molar-refractivity contribution < 1.29 is 9.50 Å². The number of hydrogen-bond acceptors (Lipinski definition) is 3. The molecule has 0 amide bonds. The molecule has 0 aliphatic heterocycles. The van der Waals surface area contributed by atoms with Crippen molar-refractivity contribution in [2.45, 2.75) is 17.1 Å². The third-order valence-electron chi connectivity index (χ3n) is 2.30. The molecular formula is C15H13FOS2. The average Bonchev–Trinajstić information content (AvgIpc) is 2.86. The van der Waals surface area contributed by atoms with Gasteiger partial charge < -0.3 is 5.11 Å². The number of thioether (sulfide) groups is 1. The van der Waals surface area contributed by atoms with Crippen LogP contribution in [0.25, 0.3) is 0 Å². The summed E-state index contributed by atoms with van der Waals surface area (Å²) < 4.78 is 12.8. The molecule has 0 aliphatic rings. The van der Waals surface area contributed by atoms with Crippen LogP contribution in [0, 0.1) is 17.7 Å². The Morgan fingerprint density at radius 3 is 2.68 bits per heavy atom. The van der Waals surface area contributed by atoms with E-state index in [1.165, 1.54) is 17.0 Å². The minimum Gasteiger partial charge on any atom is -0.395 e. The minimum atomic E-state index is -0.207. The molecule has 1 nitrogen and oxygen atoms in total. The van der Waals surface area contributed by atoms with Crippen LogP contribution in [0.5, 0.6) is 0 Å². The van der Waals surface area contributed by atoms with E-state index in [1.54, 1.807) is 35.2 Å². The van der Waals surface area contributed by atoms with E-state index in [4.69, 9.17) is 5.11 Å². The van der Waals surface area contributed by atoms with Crippen LogP contribution in [0.4, 0.5) is 4.39 Å². The Bertz CT molecular complexity index is 578. The predicted octanol–water partition coefficient (Wildman–Crippen LogP) is 3.91. The Balaban J connectivity index is 1.90. The zero-order chi connectivity index (χ0) is 13.5. The molecule has 1 aromatic carbocycles. The topological polar surface area (TPSA) is 20.2 Å². The molecule has 0 spiro atoms. The van der Waals surface area contributed by atoms with E-state index in [1.807, 2.05) is 6.07 Å². The third kappa shape index (κ3) is 4.71. The van der Waals surface area contributed by atoms with Crippen molar-refractivity contribution >= 4 is 23.1 Å². The Hall–Kier alpha value is -1.28. The Kier molecular flexibility index (Phi) is 5.46. The van der Waals surface area contributed by atoms with Crippen LogP contribution in [0.3, 0.4) is 0 Å². The molecule has 0 bridgehead atoms. The van der Waals surface area contributed by atoms with Crippen molar-refractivity contribution in [2.75, 3.05) is 6.61 Å². The molecule has 2 rings (SSSR count). The molecule has 0 saturated carbocycles. The first-order valence-electron chi connectivity index (χ1n) is 5.85. The van der Waals surface area contributed by atoms with E-state index in [9.17, 15) is 4.39 Å². The summed E-state index contributed by atoms with van der Waals surface area (Å²) in [7, 11) is 0. The van der Waals surface area contributed by atoms with E-state index in [0.29, 0.717) is 6.42 Å². The van der Waals surface area contributed by atoms with Gasteiger partial charge in [0.1, 0.15) is 5.82 Å². The van der Waals surface area contributed by atoms with Crippen LogP contribution in [0.15, 0.2) is 41.3 Å². The highest BCUT2D eigenvalue weighted by Crippen LogP contribution is 2.26. The smallest absolute Gasteiger partial charge is 0.123 e. The second-order valence-corrected chi connectivity index (χ2v) is 6.00. The van der Waals surface area contributed by atoms with Gasteiger partial charge in [-0.1, -0.05) is 11.8 Å². The van der Waals surface area contributed by atoms with Crippen molar-refractivity contribution in [2.24, 2.45) is 0 Å². The van der Waals surface area contributed by atoms with Crippen molar-refractivity contribution in [1.82, 2.24) is 0 Å². The summed E-state index contributed by atoms with van der Waals surface area (Å²) in [4.78, 5) is 3.31. The van der Waals surface area contributed by atoms with E-state index in [0.717, 1.165) is 15.5 Å². The van der Waals surface area contributed by atoms with E-state index >= 15 is 0 Å². The minimum absolute atomic E-state index is 0.103. The molecule has 0 aliphatic carbocycles. The molecule has 4 heteroatoms. The summed E-state index contributed by atoms with van der Waals surface area (Å²) in [5, 5.41) is 8.65. The lowest BCUT2D eigenvalue weighted by molar-refractivity contribution is 0.305. The van der Waals surface area contributed by atoms with Gasteiger partial charge in [0.05, 0.1) is 11.5 Å². The van der Waals surface area contributed by atoms with Crippen molar-refractivity contribution in [3.8, 4) is 11.8 Å². The fourth-order valence-electron chi connectivity index (χ4n) is 1.41. The summed E-state index contributed by atoms with van der Waals surface area (Å²) >= 11 is 3.34. The number of aliphatic hydroxyl groups is 1. The van der Waals surface area contributed by atoms with Gasteiger partial charge in [0.15, 0.2) is 0 Å². The monoisotopic (exact) mass is 292 g/mol. The number of aliphatic hydroxyl groups excluding tert-OH is 1. The maximum absolute atomic E-state index is 12.8. The number of thiophene rings is 1. The fourth-order valence-corrected chi connectivity index (χ4v) is 3.24. The van der Waals surface area contributed by atoms with Crippen molar-refractivity contribution in [3.05, 3.63) is 52.0 Å². The quantitative estimate of drug-likeness (QED) is 0.681. The van der Waals surface area contributed by atoms with Crippen LogP contribution >= 0.6 is 23.1 Å². The maximum Gasteiger partial charge on any atom is 0.123 e. The van der Waals surface area contributed by atoms with Gasteiger partial charge in [-0.05, 0) is 36.4 Å². The van der Waals surface area contributed by atoms with Gasteiger partial charge in [-0.25, -0.2) is 4.39 Å². The summed E-state index contributed by atoms with van der Waals surface area (Å²) in [5.74, 6) is 6.58. The van der Waals surface area contributed by atoms with Crippen LogP contribution in [-0.2, 0) is 5.75 Å². The molecule has 0 saturated heterocycles. The molecule has 1 aromatic heterocycles. The van der Waals surface area contributed by atoms with Gasteiger partial charge >= 0.3 is 0 Å². The SMILES string of the molecule is OCCC#Cc1ccc(CSc2ccc(F)cc2)s1. The normalized spacial score (nSPS) is 10.0.